The minimum Gasteiger partial charge on any atom is -0.481 e. The lowest BCUT2D eigenvalue weighted by Crippen LogP contribution is -2.41. The fourth-order valence-corrected chi connectivity index (χ4v) is 3.51. The van der Waals surface area contributed by atoms with Gasteiger partial charge in [-0.2, -0.15) is 0 Å². The molecule has 0 radical (unpaired) electrons. The van der Waals surface area contributed by atoms with E-state index in [9.17, 15) is 14.7 Å². The summed E-state index contributed by atoms with van der Waals surface area (Å²) in [5.74, 6) is -0.102. The number of carbonyl (C=O) groups is 2. The van der Waals surface area contributed by atoms with E-state index in [0.717, 1.165) is 44.4 Å². The van der Waals surface area contributed by atoms with Crippen molar-refractivity contribution in [2.75, 3.05) is 0 Å². The van der Waals surface area contributed by atoms with Crippen LogP contribution in [0, 0.1) is 11.3 Å². The lowest BCUT2D eigenvalue weighted by Gasteiger charge is -2.29. The zero-order valence-electron chi connectivity index (χ0n) is 11.8. The summed E-state index contributed by atoms with van der Waals surface area (Å²) in [5, 5.41) is 12.4. The summed E-state index contributed by atoms with van der Waals surface area (Å²) in [6.45, 7) is 2.25. The largest absolute Gasteiger partial charge is 0.481 e. The van der Waals surface area contributed by atoms with Crippen molar-refractivity contribution < 1.29 is 14.7 Å². The Hall–Kier alpha value is -1.06. The van der Waals surface area contributed by atoms with Crippen LogP contribution in [-0.4, -0.2) is 23.0 Å². The third kappa shape index (κ3) is 3.48. The molecule has 2 aliphatic rings. The van der Waals surface area contributed by atoms with Crippen LogP contribution in [0.4, 0.5) is 0 Å². The van der Waals surface area contributed by atoms with Crippen LogP contribution in [0.1, 0.15) is 64.7 Å². The Kier molecular flexibility index (Phi) is 4.48. The van der Waals surface area contributed by atoms with Gasteiger partial charge in [0.15, 0.2) is 0 Å². The number of hydrogen-bond donors (Lipinski definition) is 2. The van der Waals surface area contributed by atoms with E-state index in [2.05, 4.69) is 12.2 Å². The van der Waals surface area contributed by atoms with Gasteiger partial charge in [0.25, 0.3) is 0 Å². The smallest absolute Gasteiger partial charge is 0.310 e. The summed E-state index contributed by atoms with van der Waals surface area (Å²) in [6, 6.07) is 0.260. The maximum Gasteiger partial charge on any atom is 0.310 e. The van der Waals surface area contributed by atoms with Gasteiger partial charge in [-0.25, -0.2) is 0 Å². The summed E-state index contributed by atoms with van der Waals surface area (Å²) in [6.07, 6.45) is 7.72. The van der Waals surface area contributed by atoms with Crippen molar-refractivity contribution in [3.05, 3.63) is 0 Å². The SMILES string of the molecule is CC1CCC(NC(=O)CC2(C(=O)O)CCCC2)CC1. The first-order chi connectivity index (χ1) is 9.02. The fourth-order valence-electron chi connectivity index (χ4n) is 3.51. The van der Waals surface area contributed by atoms with Gasteiger partial charge in [0.05, 0.1) is 5.41 Å². The molecule has 2 aliphatic carbocycles. The van der Waals surface area contributed by atoms with E-state index in [0.29, 0.717) is 12.8 Å². The van der Waals surface area contributed by atoms with Gasteiger partial charge in [-0.3, -0.25) is 9.59 Å². The van der Waals surface area contributed by atoms with Gasteiger partial charge in [-0.05, 0) is 44.4 Å². The van der Waals surface area contributed by atoms with Crippen LogP contribution in [0.3, 0.4) is 0 Å². The minimum absolute atomic E-state index is 0.0659. The Balaban J connectivity index is 1.85. The molecule has 0 aromatic rings. The van der Waals surface area contributed by atoms with Crippen LogP contribution in [0.5, 0.6) is 0 Å². The fraction of sp³-hybridized carbons (Fsp3) is 0.867. The van der Waals surface area contributed by atoms with Gasteiger partial charge in [-0.1, -0.05) is 19.8 Å². The second-order valence-corrected chi connectivity index (χ2v) is 6.49. The number of hydrogen-bond acceptors (Lipinski definition) is 2. The van der Waals surface area contributed by atoms with Crippen molar-refractivity contribution in [1.29, 1.82) is 0 Å². The number of carbonyl (C=O) groups excluding carboxylic acids is 1. The molecule has 2 saturated carbocycles. The molecule has 0 heterocycles. The Morgan fingerprint density at radius 1 is 1.16 bits per heavy atom. The molecule has 0 spiro atoms. The van der Waals surface area contributed by atoms with Crippen molar-refractivity contribution in [3.63, 3.8) is 0 Å². The molecule has 19 heavy (non-hydrogen) atoms. The molecule has 108 valence electrons. The molecule has 0 unspecified atom stereocenters. The highest BCUT2D eigenvalue weighted by molar-refractivity contribution is 5.85. The average Bonchev–Trinajstić information content (AvgIpc) is 2.82. The van der Waals surface area contributed by atoms with Gasteiger partial charge in [-0.15, -0.1) is 0 Å². The molecule has 0 atom stereocenters. The van der Waals surface area contributed by atoms with Crippen molar-refractivity contribution in [2.24, 2.45) is 11.3 Å². The first kappa shape index (κ1) is 14.4. The van der Waals surface area contributed by atoms with Crippen LogP contribution in [0.2, 0.25) is 0 Å². The third-order valence-electron chi connectivity index (χ3n) is 4.89. The molecule has 2 fully saturated rings. The molecule has 2 rings (SSSR count). The van der Waals surface area contributed by atoms with Crippen LogP contribution in [-0.2, 0) is 9.59 Å². The van der Waals surface area contributed by atoms with Gasteiger partial charge in [0.2, 0.25) is 5.91 Å². The quantitative estimate of drug-likeness (QED) is 0.823. The Morgan fingerprint density at radius 3 is 2.26 bits per heavy atom. The molecule has 0 aromatic carbocycles. The van der Waals surface area contributed by atoms with E-state index in [1.165, 1.54) is 0 Å². The maximum atomic E-state index is 12.1. The normalized spacial score (nSPS) is 29.9. The van der Waals surface area contributed by atoms with Crippen molar-refractivity contribution in [3.8, 4) is 0 Å². The van der Waals surface area contributed by atoms with Crippen LogP contribution < -0.4 is 5.32 Å². The molecule has 0 aromatic heterocycles. The first-order valence-corrected chi connectivity index (χ1v) is 7.55. The number of amides is 1. The second-order valence-electron chi connectivity index (χ2n) is 6.49. The van der Waals surface area contributed by atoms with Crippen LogP contribution >= 0.6 is 0 Å². The number of rotatable bonds is 4. The van der Waals surface area contributed by atoms with E-state index in [4.69, 9.17) is 0 Å². The summed E-state index contributed by atoms with van der Waals surface area (Å²) < 4.78 is 0. The topological polar surface area (TPSA) is 66.4 Å². The van der Waals surface area contributed by atoms with E-state index < -0.39 is 11.4 Å². The highest BCUT2D eigenvalue weighted by atomic mass is 16.4. The van der Waals surface area contributed by atoms with E-state index in [1.54, 1.807) is 0 Å². The molecule has 4 nitrogen and oxygen atoms in total. The predicted octanol–water partition coefficient (Wildman–Crippen LogP) is 2.72. The summed E-state index contributed by atoms with van der Waals surface area (Å²) >= 11 is 0. The monoisotopic (exact) mass is 267 g/mol. The van der Waals surface area contributed by atoms with Gasteiger partial charge in [0, 0.05) is 12.5 Å². The van der Waals surface area contributed by atoms with Crippen molar-refractivity contribution >= 4 is 11.9 Å². The highest BCUT2D eigenvalue weighted by Gasteiger charge is 2.43. The maximum absolute atomic E-state index is 12.1. The molecule has 1 amide bonds. The molecule has 2 N–H and O–H groups in total. The van der Waals surface area contributed by atoms with Gasteiger partial charge in [0.1, 0.15) is 0 Å². The standard InChI is InChI=1S/C15H25NO3/c1-11-4-6-12(7-5-11)16-13(17)10-15(14(18)19)8-2-3-9-15/h11-12H,2-10H2,1H3,(H,16,17)(H,18,19). The zero-order valence-corrected chi connectivity index (χ0v) is 11.8. The Bertz CT molecular complexity index is 339. The lowest BCUT2D eigenvalue weighted by molar-refractivity contribution is -0.151. The molecule has 4 heteroatoms. The Labute approximate surface area is 115 Å². The van der Waals surface area contributed by atoms with E-state index in [1.807, 2.05) is 0 Å². The number of aliphatic carboxylic acids is 1. The van der Waals surface area contributed by atoms with Gasteiger partial charge >= 0.3 is 5.97 Å². The average molecular weight is 267 g/mol. The molecule has 0 aliphatic heterocycles. The zero-order chi connectivity index (χ0) is 13.9. The summed E-state index contributed by atoms with van der Waals surface area (Å²) in [7, 11) is 0. The van der Waals surface area contributed by atoms with Gasteiger partial charge < -0.3 is 10.4 Å². The lowest BCUT2D eigenvalue weighted by atomic mass is 9.82. The molecular formula is C15H25NO3. The number of nitrogens with one attached hydrogen (secondary N) is 1. The Morgan fingerprint density at radius 2 is 1.74 bits per heavy atom. The first-order valence-electron chi connectivity index (χ1n) is 7.55. The van der Waals surface area contributed by atoms with Crippen molar-refractivity contribution in [1.82, 2.24) is 5.32 Å². The van der Waals surface area contributed by atoms with Crippen LogP contribution in [0.15, 0.2) is 0 Å². The number of carboxylic acid groups (broad SMARTS) is 1. The highest BCUT2D eigenvalue weighted by Crippen LogP contribution is 2.41. The molecular weight excluding hydrogens is 242 g/mol. The van der Waals surface area contributed by atoms with E-state index in [-0.39, 0.29) is 18.4 Å². The minimum atomic E-state index is -0.794. The molecule has 0 saturated heterocycles. The number of carboxylic acids is 1. The molecule has 0 bridgehead atoms. The van der Waals surface area contributed by atoms with E-state index >= 15 is 0 Å². The summed E-state index contributed by atoms with van der Waals surface area (Å²) in [5.41, 5.74) is -0.786. The van der Waals surface area contributed by atoms with Crippen molar-refractivity contribution in [2.45, 2.75) is 70.8 Å². The third-order valence-corrected chi connectivity index (χ3v) is 4.89. The predicted molar refractivity (Wildman–Crippen MR) is 72.7 cm³/mol. The second kappa shape index (κ2) is 5.93. The van der Waals surface area contributed by atoms with Crippen LogP contribution in [0.25, 0.3) is 0 Å². The summed E-state index contributed by atoms with van der Waals surface area (Å²) in [4.78, 5) is 23.5.